The smallest absolute Gasteiger partial charge is 0.0222 e. The zero-order chi connectivity index (χ0) is 13.7. The van der Waals surface area contributed by atoms with E-state index in [1.165, 1.54) is 43.2 Å². The van der Waals surface area contributed by atoms with Crippen molar-refractivity contribution in [3.05, 3.63) is 35.4 Å². The van der Waals surface area contributed by atoms with Crippen molar-refractivity contribution in [2.45, 2.75) is 70.5 Å². The first-order valence-corrected chi connectivity index (χ1v) is 7.78. The van der Waals surface area contributed by atoms with Gasteiger partial charge in [0, 0.05) is 18.6 Å². The molecule has 1 fully saturated rings. The van der Waals surface area contributed by atoms with Gasteiger partial charge in [0.1, 0.15) is 0 Å². The number of hydrogen-bond acceptors (Lipinski definition) is 2. The van der Waals surface area contributed by atoms with Gasteiger partial charge in [0.2, 0.25) is 0 Å². The molecular formula is C17H28N2. The standard InChI is InChI=1S/C17H28N2/c1-3-13(2)15-10-8-14(9-11-15)12-19-17-7-5-4-6-16(17)18/h8-11,13,16-17,19H,3-7,12,18H2,1-2H3. The molecule has 1 aliphatic rings. The van der Waals surface area contributed by atoms with Crippen LogP contribution >= 0.6 is 0 Å². The van der Waals surface area contributed by atoms with Crippen LogP contribution in [0.4, 0.5) is 0 Å². The fourth-order valence-electron chi connectivity index (χ4n) is 2.86. The molecule has 2 rings (SSSR count). The highest BCUT2D eigenvalue weighted by Crippen LogP contribution is 2.20. The summed E-state index contributed by atoms with van der Waals surface area (Å²) >= 11 is 0. The molecule has 0 spiro atoms. The number of hydrogen-bond donors (Lipinski definition) is 2. The Morgan fingerprint density at radius 2 is 1.89 bits per heavy atom. The van der Waals surface area contributed by atoms with Crippen molar-refractivity contribution in [1.29, 1.82) is 0 Å². The maximum absolute atomic E-state index is 6.16. The zero-order valence-corrected chi connectivity index (χ0v) is 12.4. The molecule has 1 aromatic rings. The molecule has 2 nitrogen and oxygen atoms in total. The quantitative estimate of drug-likeness (QED) is 0.849. The van der Waals surface area contributed by atoms with Crippen molar-refractivity contribution in [2.75, 3.05) is 0 Å². The van der Waals surface area contributed by atoms with Gasteiger partial charge in [-0.2, -0.15) is 0 Å². The molecule has 19 heavy (non-hydrogen) atoms. The van der Waals surface area contributed by atoms with E-state index in [0.29, 0.717) is 18.0 Å². The molecule has 3 unspecified atom stereocenters. The molecule has 1 aromatic carbocycles. The summed E-state index contributed by atoms with van der Waals surface area (Å²) in [5, 5.41) is 3.63. The van der Waals surface area contributed by atoms with Gasteiger partial charge in [0.05, 0.1) is 0 Å². The van der Waals surface area contributed by atoms with Crippen molar-refractivity contribution in [1.82, 2.24) is 5.32 Å². The summed E-state index contributed by atoms with van der Waals surface area (Å²) in [6.45, 7) is 5.47. The van der Waals surface area contributed by atoms with E-state index in [0.717, 1.165) is 6.54 Å². The Bertz CT molecular complexity index is 371. The summed E-state index contributed by atoms with van der Waals surface area (Å²) in [6.07, 6.45) is 6.21. The van der Waals surface area contributed by atoms with Crippen LogP contribution in [0.15, 0.2) is 24.3 Å². The van der Waals surface area contributed by atoms with Crippen molar-refractivity contribution in [2.24, 2.45) is 5.73 Å². The molecule has 0 bridgehead atoms. The van der Waals surface area contributed by atoms with Gasteiger partial charge in [-0.15, -0.1) is 0 Å². The fraction of sp³-hybridized carbons (Fsp3) is 0.647. The third kappa shape index (κ3) is 4.05. The van der Waals surface area contributed by atoms with E-state index >= 15 is 0 Å². The summed E-state index contributed by atoms with van der Waals surface area (Å²) in [7, 11) is 0. The number of nitrogens with one attached hydrogen (secondary N) is 1. The molecule has 1 saturated carbocycles. The van der Waals surface area contributed by atoms with E-state index in [2.05, 4.69) is 43.4 Å². The molecule has 0 radical (unpaired) electrons. The lowest BCUT2D eigenvalue weighted by molar-refractivity contribution is 0.326. The second-order valence-corrected chi connectivity index (χ2v) is 5.99. The number of nitrogens with two attached hydrogens (primary N) is 1. The normalized spacial score (nSPS) is 25.2. The lowest BCUT2D eigenvalue weighted by Crippen LogP contribution is -2.46. The molecule has 3 N–H and O–H groups in total. The predicted octanol–water partition coefficient (Wildman–Crippen LogP) is 3.56. The Morgan fingerprint density at radius 3 is 2.53 bits per heavy atom. The molecule has 3 atom stereocenters. The summed E-state index contributed by atoms with van der Waals surface area (Å²) < 4.78 is 0. The molecule has 1 aliphatic carbocycles. The van der Waals surface area contributed by atoms with Crippen molar-refractivity contribution in [3.8, 4) is 0 Å². The molecule has 0 heterocycles. The minimum atomic E-state index is 0.341. The second-order valence-electron chi connectivity index (χ2n) is 5.99. The highest BCUT2D eigenvalue weighted by molar-refractivity contribution is 5.25. The van der Waals surface area contributed by atoms with Crippen LogP contribution in [0.3, 0.4) is 0 Å². The molecule has 106 valence electrons. The van der Waals surface area contributed by atoms with Crippen LogP contribution in [-0.4, -0.2) is 12.1 Å². The van der Waals surface area contributed by atoms with Crippen molar-refractivity contribution in [3.63, 3.8) is 0 Å². The lowest BCUT2D eigenvalue weighted by Gasteiger charge is -2.29. The minimum absolute atomic E-state index is 0.341. The SMILES string of the molecule is CCC(C)c1ccc(CNC2CCCCC2N)cc1. The van der Waals surface area contributed by atoms with Crippen LogP contribution in [0.1, 0.15) is 63.0 Å². The lowest BCUT2D eigenvalue weighted by atomic mass is 9.91. The van der Waals surface area contributed by atoms with E-state index in [-0.39, 0.29) is 0 Å². The monoisotopic (exact) mass is 260 g/mol. The highest BCUT2D eigenvalue weighted by Gasteiger charge is 2.20. The van der Waals surface area contributed by atoms with E-state index in [4.69, 9.17) is 5.73 Å². The second kappa shape index (κ2) is 7.06. The van der Waals surface area contributed by atoms with E-state index in [1.807, 2.05) is 0 Å². The summed E-state index contributed by atoms with van der Waals surface area (Å²) in [5.74, 6) is 0.661. The molecule has 0 aliphatic heterocycles. The van der Waals surface area contributed by atoms with Gasteiger partial charge in [0.25, 0.3) is 0 Å². The Kier molecular flexibility index (Phi) is 5.41. The summed E-state index contributed by atoms with van der Waals surface area (Å²) in [4.78, 5) is 0. The molecule has 2 heteroatoms. The number of rotatable bonds is 5. The van der Waals surface area contributed by atoms with Crippen LogP contribution in [0.5, 0.6) is 0 Å². The highest BCUT2D eigenvalue weighted by atomic mass is 15.0. The average molecular weight is 260 g/mol. The van der Waals surface area contributed by atoms with Crippen LogP contribution in [0.25, 0.3) is 0 Å². The topological polar surface area (TPSA) is 38.0 Å². The molecule has 0 aromatic heterocycles. The third-order valence-corrected chi connectivity index (χ3v) is 4.55. The first kappa shape index (κ1) is 14.5. The van der Waals surface area contributed by atoms with Crippen LogP contribution in [0.2, 0.25) is 0 Å². The van der Waals surface area contributed by atoms with Crippen LogP contribution in [-0.2, 0) is 6.54 Å². The summed E-state index contributed by atoms with van der Waals surface area (Å²) in [6, 6.07) is 9.89. The van der Waals surface area contributed by atoms with E-state index < -0.39 is 0 Å². The predicted molar refractivity (Wildman–Crippen MR) is 82.2 cm³/mol. The van der Waals surface area contributed by atoms with Crippen molar-refractivity contribution < 1.29 is 0 Å². The van der Waals surface area contributed by atoms with Crippen molar-refractivity contribution >= 4 is 0 Å². The largest absolute Gasteiger partial charge is 0.326 e. The first-order chi connectivity index (χ1) is 9.20. The Hall–Kier alpha value is -0.860. The maximum Gasteiger partial charge on any atom is 0.0222 e. The van der Waals surface area contributed by atoms with Gasteiger partial charge in [-0.1, -0.05) is 51.0 Å². The number of benzene rings is 1. The van der Waals surface area contributed by atoms with Gasteiger partial charge in [-0.05, 0) is 36.3 Å². The Morgan fingerprint density at radius 1 is 1.21 bits per heavy atom. The fourth-order valence-corrected chi connectivity index (χ4v) is 2.86. The molecule has 0 amide bonds. The van der Waals surface area contributed by atoms with Crippen LogP contribution < -0.4 is 11.1 Å². The average Bonchev–Trinajstić information content (AvgIpc) is 2.46. The van der Waals surface area contributed by atoms with Crippen LogP contribution in [0, 0.1) is 0 Å². The minimum Gasteiger partial charge on any atom is -0.326 e. The van der Waals surface area contributed by atoms with E-state index in [1.54, 1.807) is 0 Å². The van der Waals surface area contributed by atoms with Gasteiger partial charge < -0.3 is 11.1 Å². The van der Waals surface area contributed by atoms with Gasteiger partial charge >= 0.3 is 0 Å². The van der Waals surface area contributed by atoms with E-state index in [9.17, 15) is 0 Å². The third-order valence-electron chi connectivity index (χ3n) is 4.55. The maximum atomic E-state index is 6.16. The van der Waals surface area contributed by atoms with Gasteiger partial charge in [-0.25, -0.2) is 0 Å². The first-order valence-electron chi connectivity index (χ1n) is 7.78. The summed E-state index contributed by atoms with van der Waals surface area (Å²) in [5.41, 5.74) is 8.97. The van der Waals surface area contributed by atoms with Gasteiger partial charge in [0.15, 0.2) is 0 Å². The molecule has 0 saturated heterocycles. The van der Waals surface area contributed by atoms with Gasteiger partial charge in [-0.3, -0.25) is 0 Å². The molecular weight excluding hydrogens is 232 g/mol. The Balaban J connectivity index is 1.85. The zero-order valence-electron chi connectivity index (χ0n) is 12.4. The Labute approximate surface area is 117 Å².